The Morgan fingerprint density at radius 3 is 2.55 bits per heavy atom. The van der Waals surface area contributed by atoms with Gasteiger partial charge >= 0.3 is 0 Å². The third-order valence-corrected chi connectivity index (χ3v) is 2.67. The summed E-state index contributed by atoms with van der Waals surface area (Å²) in [6.45, 7) is 14.4. The van der Waals surface area contributed by atoms with Gasteiger partial charge in [0, 0.05) is 18.7 Å². The third-order valence-electron chi connectivity index (χ3n) is 2.46. The summed E-state index contributed by atoms with van der Waals surface area (Å²) in [7, 11) is 2.06. The van der Waals surface area contributed by atoms with Crippen LogP contribution in [0, 0.1) is 0 Å². The Labute approximate surface area is 137 Å². The number of hydrogen-bond acceptors (Lipinski definition) is 5. The van der Waals surface area contributed by atoms with Crippen LogP contribution in [0.4, 0.5) is 0 Å². The van der Waals surface area contributed by atoms with Gasteiger partial charge in [-0.3, -0.25) is 9.69 Å². The number of hydrogen-bond donors (Lipinski definition) is 0. The van der Waals surface area contributed by atoms with Crippen LogP contribution in [-0.2, 0) is 16.1 Å². The normalized spacial score (nSPS) is 13.9. The van der Waals surface area contributed by atoms with Crippen molar-refractivity contribution in [2.24, 2.45) is 0 Å². The molecule has 0 fully saturated rings. The summed E-state index contributed by atoms with van der Waals surface area (Å²) in [6, 6.07) is 3.76. The van der Waals surface area contributed by atoms with Crippen LogP contribution in [0.5, 0.6) is 5.88 Å². The molecule has 2 heterocycles. The molecule has 0 N–H and O–H groups in total. The van der Waals surface area contributed by atoms with E-state index in [9.17, 15) is 4.79 Å². The van der Waals surface area contributed by atoms with Gasteiger partial charge in [-0.2, -0.15) is 0 Å². The quantitative estimate of drug-likeness (QED) is 0.449. The number of nitrogens with zero attached hydrogens (tertiary/aromatic N) is 2. The van der Waals surface area contributed by atoms with Crippen LogP contribution in [0.3, 0.4) is 0 Å². The van der Waals surface area contributed by atoms with E-state index in [1.54, 1.807) is 6.07 Å². The summed E-state index contributed by atoms with van der Waals surface area (Å²) in [5, 5.41) is 0.489. The molecule has 0 aliphatic carbocycles. The molecule has 5 nitrogen and oxygen atoms in total. The highest BCUT2D eigenvalue weighted by atomic mass is 35.5. The van der Waals surface area contributed by atoms with Crippen molar-refractivity contribution in [1.29, 1.82) is 0 Å². The SMILES string of the molecule is C=C.CC(C)(C)OC=O.CN1CCOc2nc(Cl)ccc2C1. The number of aromatic nitrogens is 1. The van der Waals surface area contributed by atoms with Gasteiger partial charge in [0.2, 0.25) is 5.88 Å². The van der Waals surface area contributed by atoms with Crippen molar-refractivity contribution in [3.05, 3.63) is 36.0 Å². The minimum absolute atomic E-state index is 0.318. The maximum Gasteiger partial charge on any atom is 0.293 e. The number of ether oxygens (including phenoxy) is 2. The molecule has 0 amide bonds. The largest absolute Gasteiger partial charge is 0.476 e. The Kier molecular flexibility index (Phi) is 9.45. The van der Waals surface area contributed by atoms with Gasteiger partial charge in [-0.05, 0) is 40.0 Å². The van der Waals surface area contributed by atoms with E-state index in [-0.39, 0.29) is 5.60 Å². The van der Waals surface area contributed by atoms with Crippen molar-refractivity contribution in [1.82, 2.24) is 9.88 Å². The number of carbonyl (C=O) groups excluding carboxylic acids is 1. The molecule has 0 radical (unpaired) electrons. The Balaban J connectivity index is 0.000000421. The van der Waals surface area contributed by atoms with E-state index in [0.717, 1.165) is 18.7 Å². The van der Waals surface area contributed by atoms with Gasteiger partial charge in [0.15, 0.2) is 0 Å². The standard InChI is InChI=1S/C9H11ClN2O.C5H10O2.C2H4/c1-12-4-5-13-9-7(6-12)2-3-8(10)11-9;1-5(2,3)7-4-6;1-2/h2-3H,4-6H2,1H3;4H,1-3H3;1-2H2. The van der Waals surface area contributed by atoms with Crippen LogP contribution in [0.1, 0.15) is 26.3 Å². The van der Waals surface area contributed by atoms with E-state index in [1.165, 1.54) is 0 Å². The van der Waals surface area contributed by atoms with Crippen molar-refractivity contribution in [3.63, 3.8) is 0 Å². The molecule has 6 heteroatoms. The minimum Gasteiger partial charge on any atom is -0.476 e. The van der Waals surface area contributed by atoms with E-state index < -0.39 is 0 Å². The van der Waals surface area contributed by atoms with Gasteiger partial charge < -0.3 is 9.47 Å². The van der Waals surface area contributed by atoms with Crippen LogP contribution >= 0.6 is 11.6 Å². The van der Waals surface area contributed by atoms with E-state index in [2.05, 4.69) is 34.8 Å². The van der Waals surface area contributed by atoms with Crippen molar-refractivity contribution in [2.75, 3.05) is 20.2 Å². The predicted octanol–water partition coefficient (Wildman–Crippen LogP) is 3.32. The Hall–Kier alpha value is -1.59. The lowest BCUT2D eigenvalue weighted by molar-refractivity contribution is -0.138. The van der Waals surface area contributed by atoms with Crippen molar-refractivity contribution in [3.8, 4) is 5.88 Å². The van der Waals surface area contributed by atoms with Crippen LogP contribution in [0.15, 0.2) is 25.3 Å². The number of rotatable bonds is 1. The zero-order valence-electron chi connectivity index (χ0n) is 13.8. The van der Waals surface area contributed by atoms with Crippen LogP contribution in [-0.4, -0.2) is 42.2 Å². The Morgan fingerprint density at radius 1 is 1.41 bits per heavy atom. The number of pyridine rings is 1. The molecule has 0 saturated heterocycles. The first-order chi connectivity index (χ1) is 10.3. The Bertz CT molecular complexity index is 461. The molecule has 0 aromatic carbocycles. The van der Waals surface area contributed by atoms with Gasteiger partial charge in [0.25, 0.3) is 6.47 Å². The fourth-order valence-electron chi connectivity index (χ4n) is 1.50. The summed E-state index contributed by atoms with van der Waals surface area (Å²) >= 11 is 5.76. The number of halogens is 1. The lowest BCUT2D eigenvalue weighted by atomic mass is 10.2. The molecule has 2 rings (SSSR count). The molecule has 1 aromatic rings. The molecule has 22 heavy (non-hydrogen) atoms. The summed E-state index contributed by atoms with van der Waals surface area (Å²) in [5.41, 5.74) is 0.784. The number of likely N-dealkylation sites (N-methyl/N-ethyl adjacent to an activating group) is 1. The highest BCUT2D eigenvalue weighted by Gasteiger charge is 2.13. The topological polar surface area (TPSA) is 51.7 Å². The Morgan fingerprint density at radius 2 is 2.05 bits per heavy atom. The summed E-state index contributed by atoms with van der Waals surface area (Å²) in [4.78, 5) is 15.9. The number of fused-ring (bicyclic) bond motifs is 1. The maximum atomic E-state index is 9.60. The number of carbonyl (C=O) groups is 1. The van der Waals surface area contributed by atoms with Gasteiger partial charge in [-0.25, -0.2) is 4.98 Å². The van der Waals surface area contributed by atoms with Crippen molar-refractivity contribution >= 4 is 18.1 Å². The zero-order chi connectivity index (χ0) is 17.2. The molecule has 1 aliphatic rings. The predicted molar refractivity (Wildman–Crippen MR) is 89.2 cm³/mol. The average Bonchev–Trinajstić information content (AvgIpc) is 2.61. The fraction of sp³-hybridized carbons (Fsp3) is 0.500. The molecule has 0 saturated carbocycles. The van der Waals surface area contributed by atoms with Crippen LogP contribution in [0.2, 0.25) is 5.15 Å². The molecule has 0 unspecified atom stereocenters. The average molecular weight is 329 g/mol. The minimum atomic E-state index is -0.318. The second-order valence-electron chi connectivity index (χ2n) is 5.51. The van der Waals surface area contributed by atoms with E-state index in [1.807, 2.05) is 26.8 Å². The van der Waals surface area contributed by atoms with Gasteiger partial charge in [-0.15, -0.1) is 13.2 Å². The summed E-state index contributed by atoms with van der Waals surface area (Å²) in [5.74, 6) is 0.678. The van der Waals surface area contributed by atoms with E-state index >= 15 is 0 Å². The zero-order valence-corrected chi connectivity index (χ0v) is 14.5. The first-order valence-corrected chi connectivity index (χ1v) is 7.28. The summed E-state index contributed by atoms with van der Waals surface area (Å²) < 4.78 is 10.0. The van der Waals surface area contributed by atoms with Crippen LogP contribution < -0.4 is 4.74 Å². The molecule has 1 aromatic heterocycles. The van der Waals surface area contributed by atoms with E-state index in [4.69, 9.17) is 16.3 Å². The molecular formula is C16H25ClN2O3. The van der Waals surface area contributed by atoms with Crippen LogP contribution in [0.25, 0.3) is 0 Å². The third kappa shape index (κ3) is 8.64. The molecule has 0 atom stereocenters. The van der Waals surface area contributed by atoms with Gasteiger partial charge in [-0.1, -0.05) is 11.6 Å². The smallest absolute Gasteiger partial charge is 0.293 e. The lowest BCUT2D eigenvalue weighted by Crippen LogP contribution is -2.20. The lowest BCUT2D eigenvalue weighted by Gasteiger charge is -2.14. The molecule has 0 bridgehead atoms. The second-order valence-corrected chi connectivity index (χ2v) is 5.90. The van der Waals surface area contributed by atoms with Gasteiger partial charge in [0.05, 0.1) is 0 Å². The van der Waals surface area contributed by atoms with E-state index in [0.29, 0.717) is 24.1 Å². The van der Waals surface area contributed by atoms with Crippen molar-refractivity contribution < 1.29 is 14.3 Å². The first-order valence-electron chi connectivity index (χ1n) is 6.90. The first kappa shape index (κ1) is 20.4. The second kappa shape index (κ2) is 10.2. The van der Waals surface area contributed by atoms with Gasteiger partial charge in [0.1, 0.15) is 17.4 Å². The highest BCUT2D eigenvalue weighted by Crippen LogP contribution is 2.21. The maximum absolute atomic E-state index is 9.60. The molecule has 1 aliphatic heterocycles. The fourth-order valence-corrected chi connectivity index (χ4v) is 1.64. The van der Waals surface area contributed by atoms with Crippen molar-refractivity contribution in [2.45, 2.75) is 32.9 Å². The molecular weight excluding hydrogens is 304 g/mol. The monoisotopic (exact) mass is 328 g/mol. The molecule has 0 spiro atoms. The molecule has 124 valence electrons. The highest BCUT2D eigenvalue weighted by molar-refractivity contribution is 6.29. The summed E-state index contributed by atoms with van der Waals surface area (Å²) in [6.07, 6.45) is 0.